The molecule has 0 spiro atoms. The van der Waals surface area contributed by atoms with Crippen LogP contribution in [0.5, 0.6) is 0 Å². The highest BCUT2D eigenvalue weighted by molar-refractivity contribution is 6.07. The Balaban J connectivity index is 1.81. The van der Waals surface area contributed by atoms with Gasteiger partial charge in [-0.1, -0.05) is 18.2 Å². The highest BCUT2D eigenvalue weighted by Crippen LogP contribution is 2.27. The van der Waals surface area contributed by atoms with Crippen LogP contribution in [-0.2, 0) is 6.42 Å². The van der Waals surface area contributed by atoms with Gasteiger partial charge in [-0.2, -0.15) is 0 Å². The molecule has 0 bridgehead atoms. The normalized spacial score (nSPS) is 11.3. The van der Waals surface area contributed by atoms with Gasteiger partial charge in [-0.25, -0.2) is 4.39 Å². The highest BCUT2D eigenvalue weighted by Gasteiger charge is 2.06. The molecule has 0 atom stereocenters. The Hall–Kier alpha value is -2.68. The van der Waals surface area contributed by atoms with E-state index in [2.05, 4.69) is 34.2 Å². The van der Waals surface area contributed by atoms with Crippen LogP contribution in [0.25, 0.3) is 21.8 Å². The molecule has 3 heteroatoms. The second-order valence-corrected chi connectivity index (χ2v) is 5.23. The van der Waals surface area contributed by atoms with Crippen molar-refractivity contribution in [1.82, 2.24) is 9.97 Å². The smallest absolute Gasteiger partial charge is 0.125 e. The molecule has 1 N–H and O–H groups in total. The standard InChI is InChI=1S/C18H13FN2/c19-14-4-6-16-15-5-3-12(8-13-2-1-7-20-11-13)9-17(15)21-18(16)10-14/h1-7,9-11,21H,8H2. The third kappa shape index (κ3) is 2.17. The first-order valence-electron chi connectivity index (χ1n) is 6.88. The number of aromatic nitrogens is 2. The van der Waals surface area contributed by atoms with Crippen LogP contribution in [-0.4, -0.2) is 9.97 Å². The SMILES string of the molecule is Fc1ccc2c(c1)[nH]c1cc(Cc3cccnc3)ccc12. The van der Waals surface area contributed by atoms with E-state index in [9.17, 15) is 4.39 Å². The molecule has 2 nitrogen and oxygen atoms in total. The van der Waals surface area contributed by atoms with Gasteiger partial charge >= 0.3 is 0 Å². The summed E-state index contributed by atoms with van der Waals surface area (Å²) in [7, 11) is 0. The largest absolute Gasteiger partial charge is 0.354 e. The first-order valence-corrected chi connectivity index (χ1v) is 6.88. The molecule has 4 rings (SSSR count). The summed E-state index contributed by atoms with van der Waals surface area (Å²) in [6.07, 6.45) is 4.50. The quantitative estimate of drug-likeness (QED) is 0.576. The molecule has 102 valence electrons. The summed E-state index contributed by atoms with van der Waals surface area (Å²) in [4.78, 5) is 7.43. The monoisotopic (exact) mass is 276 g/mol. The van der Waals surface area contributed by atoms with Crippen LogP contribution in [0.3, 0.4) is 0 Å². The Labute approximate surface area is 121 Å². The van der Waals surface area contributed by atoms with Crippen molar-refractivity contribution in [2.45, 2.75) is 6.42 Å². The zero-order chi connectivity index (χ0) is 14.2. The van der Waals surface area contributed by atoms with Gasteiger partial charge in [-0.15, -0.1) is 0 Å². The van der Waals surface area contributed by atoms with Crippen LogP contribution < -0.4 is 0 Å². The van der Waals surface area contributed by atoms with E-state index in [0.717, 1.165) is 28.2 Å². The second kappa shape index (κ2) is 4.70. The summed E-state index contributed by atoms with van der Waals surface area (Å²) in [5.74, 6) is -0.218. The van der Waals surface area contributed by atoms with Gasteiger partial charge in [-0.3, -0.25) is 4.98 Å². The molecule has 4 aromatic rings. The van der Waals surface area contributed by atoms with E-state index in [4.69, 9.17) is 0 Å². The van der Waals surface area contributed by atoms with E-state index in [1.54, 1.807) is 6.20 Å². The minimum Gasteiger partial charge on any atom is -0.354 e. The highest BCUT2D eigenvalue weighted by atomic mass is 19.1. The first-order chi connectivity index (χ1) is 10.3. The Morgan fingerprint density at radius 3 is 2.52 bits per heavy atom. The molecule has 2 aromatic carbocycles. The lowest BCUT2D eigenvalue weighted by Crippen LogP contribution is -1.88. The molecule has 0 saturated carbocycles. The lowest BCUT2D eigenvalue weighted by molar-refractivity contribution is 0.629. The van der Waals surface area contributed by atoms with Crippen LogP contribution >= 0.6 is 0 Å². The van der Waals surface area contributed by atoms with Crippen LogP contribution in [0.2, 0.25) is 0 Å². The predicted octanol–water partition coefficient (Wildman–Crippen LogP) is 4.45. The Kier molecular flexibility index (Phi) is 2.71. The average Bonchev–Trinajstić information content (AvgIpc) is 2.84. The summed E-state index contributed by atoms with van der Waals surface area (Å²) >= 11 is 0. The Morgan fingerprint density at radius 2 is 1.71 bits per heavy atom. The van der Waals surface area contributed by atoms with Gasteiger partial charge in [-0.05, 0) is 47.9 Å². The number of pyridine rings is 1. The molecule has 0 unspecified atom stereocenters. The molecule has 21 heavy (non-hydrogen) atoms. The molecular formula is C18H13FN2. The lowest BCUT2D eigenvalue weighted by atomic mass is 10.0. The fourth-order valence-electron chi connectivity index (χ4n) is 2.78. The van der Waals surface area contributed by atoms with Gasteiger partial charge in [0.25, 0.3) is 0 Å². The summed E-state index contributed by atoms with van der Waals surface area (Å²) in [6, 6.07) is 15.2. The van der Waals surface area contributed by atoms with Crippen molar-refractivity contribution < 1.29 is 4.39 Å². The molecular weight excluding hydrogens is 263 g/mol. The van der Waals surface area contributed by atoms with Crippen molar-refractivity contribution in [3.8, 4) is 0 Å². The van der Waals surface area contributed by atoms with E-state index in [0.29, 0.717) is 0 Å². The second-order valence-electron chi connectivity index (χ2n) is 5.23. The maximum Gasteiger partial charge on any atom is 0.125 e. The molecule has 0 radical (unpaired) electrons. The summed E-state index contributed by atoms with van der Waals surface area (Å²) in [5, 5.41) is 2.18. The van der Waals surface area contributed by atoms with Gasteiger partial charge < -0.3 is 4.98 Å². The minimum atomic E-state index is -0.218. The van der Waals surface area contributed by atoms with Crippen molar-refractivity contribution in [3.63, 3.8) is 0 Å². The van der Waals surface area contributed by atoms with Gasteiger partial charge in [0.15, 0.2) is 0 Å². The van der Waals surface area contributed by atoms with Crippen molar-refractivity contribution in [2.24, 2.45) is 0 Å². The molecule has 0 aliphatic heterocycles. The van der Waals surface area contributed by atoms with Crippen LogP contribution in [0, 0.1) is 5.82 Å². The molecule has 2 heterocycles. The molecule has 0 saturated heterocycles. The molecule has 0 amide bonds. The number of halogens is 1. The van der Waals surface area contributed by atoms with Crippen molar-refractivity contribution in [2.75, 3.05) is 0 Å². The Bertz CT molecular complexity index is 926. The number of nitrogens with one attached hydrogen (secondary N) is 1. The van der Waals surface area contributed by atoms with E-state index in [1.165, 1.54) is 23.3 Å². The molecule has 0 aliphatic carbocycles. The van der Waals surface area contributed by atoms with Gasteiger partial charge in [0.05, 0.1) is 0 Å². The number of aromatic amines is 1. The number of benzene rings is 2. The Morgan fingerprint density at radius 1 is 0.905 bits per heavy atom. The number of H-pyrrole nitrogens is 1. The third-order valence-electron chi connectivity index (χ3n) is 3.76. The topological polar surface area (TPSA) is 28.7 Å². The summed E-state index contributed by atoms with van der Waals surface area (Å²) in [5.41, 5.74) is 4.27. The average molecular weight is 276 g/mol. The summed E-state index contributed by atoms with van der Waals surface area (Å²) < 4.78 is 13.3. The number of hydrogen-bond acceptors (Lipinski definition) is 1. The number of hydrogen-bond donors (Lipinski definition) is 1. The van der Waals surface area contributed by atoms with Crippen LogP contribution in [0.15, 0.2) is 60.9 Å². The van der Waals surface area contributed by atoms with E-state index >= 15 is 0 Å². The molecule has 0 aliphatic rings. The summed E-state index contributed by atoms with van der Waals surface area (Å²) in [6.45, 7) is 0. The fourth-order valence-corrected chi connectivity index (χ4v) is 2.78. The molecule has 0 fully saturated rings. The predicted molar refractivity (Wildman–Crippen MR) is 82.8 cm³/mol. The van der Waals surface area contributed by atoms with Crippen molar-refractivity contribution in [3.05, 3.63) is 77.9 Å². The number of fused-ring (bicyclic) bond motifs is 3. The van der Waals surface area contributed by atoms with E-state index in [-0.39, 0.29) is 5.82 Å². The zero-order valence-electron chi connectivity index (χ0n) is 11.3. The van der Waals surface area contributed by atoms with Gasteiger partial charge in [0.2, 0.25) is 0 Å². The van der Waals surface area contributed by atoms with Gasteiger partial charge in [0.1, 0.15) is 5.82 Å². The van der Waals surface area contributed by atoms with E-state index in [1.807, 2.05) is 18.3 Å². The van der Waals surface area contributed by atoms with Crippen LogP contribution in [0.1, 0.15) is 11.1 Å². The lowest BCUT2D eigenvalue weighted by Gasteiger charge is -2.01. The number of nitrogens with zero attached hydrogens (tertiary/aromatic N) is 1. The molecule has 2 aromatic heterocycles. The van der Waals surface area contributed by atoms with Crippen molar-refractivity contribution in [1.29, 1.82) is 0 Å². The van der Waals surface area contributed by atoms with Crippen molar-refractivity contribution >= 4 is 21.8 Å². The van der Waals surface area contributed by atoms with Crippen LogP contribution in [0.4, 0.5) is 4.39 Å². The third-order valence-corrected chi connectivity index (χ3v) is 3.76. The maximum atomic E-state index is 13.3. The number of rotatable bonds is 2. The maximum absolute atomic E-state index is 13.3. The first kappa shape index (κ1) is 12.1. The van der Waals surface area contributed by atoms with E-state index < -0.39 is 0 Å². The zero-order valence-corrected chi connectivity index (χ0v) is 11.3. The fraction of sp³-hybridized carbons (Fsp3) is 0.0556. The van der Waals surface area contributed by atoms with Gasteiger partial charge in [0, 0.05) is 34.2 Å². The minimum absolute atomic E-state index is 0.218.